The number of carbonyl (C=O) groups excluding carboxylic acids is 1. The van der Waals surface area contributed by atoms with Gasteiger partial charge in [0.1, 0.15) is 6.54 Å². The number of nitrogens with zero attached hydrogens (tertiary/aromatic N) is 2. The summed E-state index contributed by atoms with van der Waals surface area (Å²) in [6, 6.07) is 3.37. The summed E-state index contributed by atoms with van der Waals surface area (Å²) < 4.78 is 5.07. The van der Waals surface area contributed by atoms with Crippen molar-refractivity contribution < 1.29 is 9.21 Å². The van der Waals surface area contributed by atoms with Crippen LogP contribution in [0.5, 0.6) is 0 Å². The topological polar surface area (TPSA) is 45.8 Å². The fraction of sp³-hybridized carbons (Fsp3) is 0.429. The van der Waals surface area contributed by atoms with E-state index in [1.54, 1.807) is 23.9 Å². The first-order valence-electron chi connectivity index (χ1n) is 6.41. The predicted molar refractivity (Wildman–Crippen MR) is 78.6 cm³/mol. The van der Waals surface area contributed by atoms with Crippen LogP contribution < -0.4 is 0 Å². The van der Waals surface area contributed by atoms with Gasteiger partial charge in [-0.05, 0) is 18.6 Å². The smallest absolute Gasteiger partial charge is 0.219 e. The third-order valence-electron chi connectivity index (χ3n) is 2.87. The van der Waals surface area contributed by atoms with Crippen molar-refractivity contribution in [1.29, 1.82) is 0 Å². The number of rotatable bonds is 6. The number of hydrogen-bond acceptors (Lipinski definition) is 4. The quantitative estimate of drug-likeness (QED) is 0.750. The van der Waals surface area contributed by atoms with Crippen molar-refractivity contribution in [1.82, 2.24) is 4.90 Å². The van der Waals surface area contributed by atoms with Crippen LogP contribution >= 0.6 is 11.8 Å². The van der Waals surface area contributed by atoms with Crippen LogP contribution in [0.2, 0.25) is 0 Å². The first-order chi connectivity index (χ1) is 9.22. The molecule has 102 valence electrons. The molecule has 0 N–H and O–H groups in total. The number of carbonyl (C=O) groups is 1. The fourth-order valence-corrected chi connectivity index (χ4v) is 2.78. The third-order valence-corrected chi connectivity index (χ3v) is 3.95. The third kappa shape index (κ3) is 3.50. The lowest BCUT2D eigenvalue weighted by atomic mass is 10.3. The van der Waals surface area contributed by atoms with E-state index in [0.29, 0.717) is 5.76 Å². The number of furan rings is 1. The fourth-order valence-electron chi connectivity index (χ4n) is 1.79. The lowest BCUT2D eigenvalue weighted by Gasteiger charge is -2.18. The molecule has 0 saturated carbocycles. The van der Waals surface area contributed by atoms with E-state index < -0.39 is 0 Å². The summed E-state index contributed by atoms with van der Waals surface area (Å²) in [4.78, 5) is 18.3. The number of thioether (sulfide) groups is 1. The standard InChI is InChI=1S/C14H18N2O2S/c1-3-4-7-16-11(2)10-19-14(16)15-9-12(17)13-6-5-8-18-13/h5-6,8H,2-4,7,9-10H2,1H3. The molecule has 1 aromatic heterocycles. The average Bonchev–Trinajstić information content (AvgIpc) is 3.04. The van der Waals surface area contributed by atoms with Gasteiger partial charge < -0.3 is 9.32 Å². The summed E-state index contributed by atoms with van der Waals surface area (Å²) >= 11 is 1.64. The highest BCUT2D eigenvalue weighted by Crippen LogP contribution is 2.26. The zero-order valence-corrected chi connectivity index (χ0v) is 11.9. The van der Waals surface area contributed by atoms with Gasteiger partial charge in [0.25, 0.3) is 0 Å². The predicted octanol–water partition coefficient (Wildman–Crippen LogP) is 3.18. The van der Waals surface area contributed by atoms with Crippen LogP contribution in [-0.4, -0.2) is 34.7 Å². The molecule has 0 bridgehead atoms. The summed E-state index contributed by atoms with van der Waals surface area (Å²) in [6.07, 6.45) is 3.73. The molecule has 2 heterocycles. The van der Waals surface area contributed by atoms with E-state index in [9.17, 15) is 4.79 Å². The molecule has 0 atom stereocenters. The number of hydrogen-bond donors (Lipinski definition) is 0. The number of aliphatic imine (C=N–C) groups is 1. The maximum absolute atomic E-state index is 11.8. The monoisotopic (exact) mass is 278 g/mol. The van der Waals surface area contributed by atoms with E-state index in [1.165, 1.54) is 6.26 Å². The Morgan fingerprint density at radius 2 is 2.47 bits per heavy atom. The Bertz CT molecular complexity index is 480. The number of amidine groups is 1. The number of unbranched alkanes of at least 4 members (excludes halogenated alkanes) is 1. The van der Waals surface area contributed by atoms with Gasteiger partial charge in [0.15, 0.2) is 10.9 Å². The average molecular weight is 278 g/mol. The van der Waals surface area contributed by atoms with Crippen LogP contribution in [0.25, 0.3) is 0 Å². The highest BCUT2D eigenvalue weighted by atomic mass is 32.2. The molecule has 1 saturated heterocycles. The van der Waals surface area contributed by atoms with Gasteiger partial charge >= 0.3 is 0 Å². The Hall–Kier alpha value is -1.49. The van der Waals surface area contributed by atoms with Gasteiger partial charge in [-0.3, -0.25) is 9.79 Å². The molecule has 0 aliphatic carbocycles. The molecule has 0 radical (unpaired) electrons. The molecule has 0 amide bonds. The Kier molecular flexibility index (Phi) is 4.85. The van der Waals surface area contributed by atoms with E-state index in [2.05, 4.69) is 23.4 Å². The van der Waals surface area contributed by atoms with Crippen molar-refractivity contribution in [2.24, 2.45) is 4.99 Å². The van der Waals surface area contributed by atoms with E-state index in [0.717, 1.165) is 36.0 Å². The van der Waals surface area contributed by atoms with Crippen molar-refractivity contribution in [2.45, 2.75) is 19.8 Å². The van der Waals surface area contributed by atoms with Gasteiger partial charge in [0.2, 0.25) is 5.78 Å². The number of Topliss-reactive ketones (excluding diaryl/α,β-unsaturated/α-hetero) is 1. The van der Waals surface area contributed by atoms with Gasteiger partial charge in [-0.25, -0.2) is 0 Å². The van der Waals surface area contributed by atoms with Crippen LogP contribution in [0, 0.1) is 0 Å². The Balaban J connectivity index is 1.97. The zero-order chi connectivity index (χ0) is 13.7. The Morgan fingerprint density at radius 3 is 3.16 bits per heavy atom. The maximum Gasteiger partial charge on any atom is 0.219 e. The normalized spacial score (nSPS) is 17.4. The van der Waals surface area contributed by atoms with Crippen molar-refractivity contribution in [3.8, 4) is 0 Å². The minimum atomic E-state index is -0.0916. The van der Waals surface area contributed by atoms with Crippen molar-refractivity contribution in [3.05, 3.63) is 36.4 Å². The number of ketones is 1. The van der Waals surface area contributed by atoms with Crippen molar-refractivity contribution >= 4 is 22.7 Å². The molecular formula is C14H18N2O2S. The largest absolute Gasteiger partial charge is 0.461 e. The highest BCUT2D eigenvalue weighted by molar-refractivity contribution is 8.14. The van der Waals surface area contributed by atoms with Gasteiger partial charge in [0, 0.05) is 18.0 Å². The first-order valence-corrected chi connectivity index (χ1v) is 7.40. The van der Waals surface area contributed by atoms with Crippen LogP contribution in [0.15, 0.2) is 40.1 Å². The minimum absolute atomic E-state index is 0.0916. The summed E-state index contributed by atoms with van der Waals surface area (Å²) in [6.45, 7) is 7.25. The maximum atomic E-state index is 11.8. The second-order valence-electron chi connectivity index (χ2n) is 4.36. The Morgan fingerprint density at radius 1 is 1.63 bits per heavy atom. The second-order valence-corrected chi connectivity index (χ2v) is 5.30. The summed E-state index contributed by atoms with van der Waals surface area (Å²) in [7, 11) is 0. The zero-order valence-electron chi connectivity index (χ0n) is 11.1. The van der Waals surface area contributed by atoms with Crippen LogP contribution in [0.1, 0.15) is 30.3 Å². The van der Waals surface area contributed by atoms with Gasteiger partial charge in [-0.15, -0.1) is 0 Å². The van der Waals surface area contributed by atoms with E-state index in [1.807, 2.05) is 0 Å². The molecule has 1 aromatic rings. The molecular weight excluding hydrogens is 260 g/mol. The minimum Gasteiger partial charge on any atom is -0.461 e. The molecule has 0 unspecified atom stereocenters. The van der Waals surface area contributed by atoms with E-state index in [4.69, 9.17) is 4.42 Å². The van der Waals surface area contributed by atoms with E-state index >= 15 is 0 Å². The van der Waals surface area contributed by atoms with Crippen molar-refractivity contribution in [3.63, 3.8) is 0 Å². The van der Waals surface area contributed by atoms with Gasteiger partial charge in [-0.2, -0.15) is 0 Å². The summed E-state index contributed by atoms with van der Waals surface area (Å²) in [5.74, 6) is 1.13. The summed E-state index contributed by atoms with van der Waals surface area (Å²) in [5.41, 5.74) is 1.07. The molecule has 2 rings (SSSR count). The molecule has 19 heavy (non-hydrogen) atoms. The summed E-state index contributed by atoms with van der Waals surface area (Å²) in [5, 5.41) is 0.901. The molecule has 4 nitrogen and oxygen atoms in total. The SMILES string of the molecule is C=C1CSC(=NCC(=O)c2ccco2)N1CCCC. The molecule has 1 fully saturated rings. The second kappa shape index (κ2) is 6.61. The van der Waals surface area contributed by atoms with Crippen molar-refractivity contribution in [2.75, 3.05) is 18.8 Å². The highest BCUT2D eigenvalue weighted by Gasteiger charge is 2.22. The Labute approximate surface area is 117 Å². The first kappa shape index (κ1) is 13.9. The molecule has 1 aliphatic rings. The van der Waals surface area contributed by atoms with Gasteiger partial charge in [0.05, 0.1) is 6.26 Å². The molecule has 0 spiro atoms. The van der Waals surface area contributed by atoms with Gasteiger partial charge in [-0.1, -0.05) is 31.7 Å². The van der Waals surface area contributed by atoms with Crippen LogP contribution in [0.4, 0.5) is 0 Å². The molecule has 0 aromatic carbocycles. The molecule has 1 aliphatic heterocycles. The lowest BCUT2D eigenvalue weighted by molar-refractivity contribution is 0.0975. The lowest BCUT2D eigenvalue weighted by Crippen LogP contribution is -2.24. The van der Waals surface area contributed by atoms with Crippen LogP contribution in [0.3, 0.4) is 0 Å². The van der Waals surface area contributed by atoms with E-state index in [-0.39, 0.29) is 12.3 Å². The van der Waals surface area contributed by atoms with Crippen LogP contribution in [-0.2, 0) is 0 Å². The molecule has 5 heteroatoms.